The highest BCUT2D eigenvalue weighted by Crippen LogP contribution is 2.26. The Morgan fingerprint density at radius 3 is 2.64 bits per heavy atom. The average Bonchev–Trinajstić information content (AvgIpc) is 2.49. The maximum Gasteiger partial charge on any atom is 0.411 e. The Morgan fingerprint density at radius 1 is 1.14 bits per heavy atom. The molecule has 0 fully saturated rings. The average molecular weight is 316 g/mol. The number of rotatable bonds is 3. The van der Waals surface area contributed by atoms with E-state index in [-0.39, 0.29) is 5.95 Å². The first kappa shape index (κ1) is 14.0. The largest absolute Gasteiger partial charge is 0.465 e. The molecular formula is C14H10ClN5O2. The lowest BCUT2D eigenvalue weighted by atomic mass is 10.1. The van der Waals surface area contributed by atoms with Gasteiger partial charge >= 0.3 is 6.09 Å². The van der Waals surface area contributed by atoms with E-state index in [4.69, 9.17) is 16.7 Å². The molecular weight excluding hydrogens is 306 g/mol. The molecule has 0 saturated heterocycles. The van der Waals surface area contributed by atoms with Gasteiger partial charge < -0.3 is 10.4 Å². The fourth-order valence-electron chi connectivity index (χ4n) is 1.93. The van der Waals surface area contributed by atoms with Crippen molar-refractivity contribution in [3.63, 3.8) is 0 Å². The summed E-state index contributed by atoms with van der Waals surface area (Å²) in [6, 6.07) is 7.41. The number of hydrogen-bond acceptors (Lipinski definition) is 5. The lowest BCUT2D eigenvalue weighted by molar-refractivity contribution is 0.209. The van der Waals surface area contributed by atoms with E-state index in [1.165, 1.54) is 12.4 Å². The number of amides is 1. The first-order valence-electron chi connectivity index (χ1n) is 6.25. The fraction of sp³-hybridized carbons (Fsp3) is 0. The number of nitrogens with one attached hydrogen (secondary N) is 2. The highest BCUT2D eigenvalue weighted by Gasteiger charge is 2.05. The lowest BCUT2D eigenvalue weighted by Crippen LogP contribution is -2.10. The van der Waals surface area contributed by atoms with E-state index < -0.39 is 6.09 Å². The monoisotopic (exact) mass is 315 g/mol. The normalized spacial score (nSPS) is 10.4. The minimum absolute atomic E-state index is 0.00646. The molecule has 22 heavy (non-hydrogen) atoms. The lowest BCUT2D eigenvalue weighted by Gasteiger charge is -2.09. The predicted molar refractivity (Wildman–Crippen MR) is 83.7 cm³/mol. The van der Waals surface area contributed by atoms with E-state index in [1.54, 1.807) is 6.20 Å². The summed E-state index contributed by atoms with van der Waals surface area (Å²) in [7, 11) is 0. The third kappa shape index (κ3) is 3.04. The van der Waals surface area contributed by atoms with Crippen LogP contribution in [0.5, 0.6) is 0 Å². The first-order valence-corrected chi connectivity index (χ1v) is 6.63. The van der Waals surface area contributed by atoms with Crippen LogP contribution in [0, 0.1) is 0 Å². The van der Waals surface area contributed by atoms with Crippen LogP contribution in [0.3, 0.4) is 0 Å². The number of carbonyl (C=O) groups is 1. The Kier molecular flexibility index (Phi) is 3.71. The van der Waals surface area contributed by atoms with E-state index in [2.05, 4.69) is 25.6 Å². The van der Waals surface area contributed by atoms with Gasteiger partial charge in [-0.2, -0.15) is 0 Å². The number of fused-ring (bicyclic) bond motifs is 1. The van der Waals surface area contributed by atoms with Gasteiger partial charge in [-0.15, -0.1) is 0 Å². The molecule has 110 valence electrons. The Balaban J connectivity index is 1.89. The van der Waals surface area contributed by atoms with Gasteiger partial charge in [-0.05, 0) is 23.6 Å². The van der Waals surface area contributed by atoms with E-state index >= 15 is 0 Å². The molecule has 7 nitrogen and oxygen atoms in total. The number of aromatic nitrogens is 3. The summed E-state index contributed by atoms with van der Waals surface area (Å²) in [5.41, 5.74) is 0.580. The molecule has 3 N–H and O–H groups in total. The molecule has 0 saturated carbocycles. The molecule has 8 heteroatoms. The smallest absolute Gasteiger partial charge is 0.411 e. The highest BCUT2D eigenvalue weighted by molar-refractivity contribution is 6.31. The summed E-state index contributed by atoms with van der Waals surface area (Å²) in [6.07, 6.45) is 3.39. The van der Waals surface area contributed by atoms with Crippen molar-refractivity contribution < 1.29 is 9.90 Å². The maximum atomic E-state index is 10.5. The quantitative estimate of drug-likeness (QED) is 0.684. The molecule has 3 rings (SSSR count). The SMILES string of the molecule is O=C(O)Nc1ncc(Nc2nccc3ccc(Cl)cc23)cn1. The molecule has 0 spiro atoms. The third-order valence-electron chi connectivity index (χ3n) is 2.86. The van der Waals surface area contributed by atoms with Crippen LogP contribution in [0.1, 0.15) is 0 Å². The van der Waals surface area contributed by atoms with Gasteiger partial charge in [0.15, 0.2) is 0 Å². The predicted octanol–water partition coefficient (Wildman–Crippen LogP) is 3.51. The summed E-state index contributed by atoms with van der Waals surface area (Å²) in [6.45, 7) is 0. The number of pyridine rings is 1. The fourth-order valence-corrected chi connectivity index (χ4v) is 2.10. The zero-order valence-electron chi connectivity index (χ0n) is 11.1. The zero-order chi connectivity index (χ0) is 15.5. The molecule has 1 amide bonds. The van der Waals surface area contributed by atoms with Crippen molar-refractivity contribution in [3.8, 4) is 0 Å². The van der Waals surface area contributed by atoms with Crippen LogP contribution in [0.25, 0.3) is 10.8 Å². The van der Waals surface area contributed by atoms with Crippen LogP contribution in [0.4, 0.5) is 22.2 Å². The van der Waals surface area contributed by atoms with Gasteiger partial charge in [0.05, 0.1) is 18.1 Å². The van der Waals surface area contributed by atoms with Crippen LogP contribution in [-0.2, 0) is 0 Å². The molecule has 0 aliphatic rings. The highest BCUT2D eigenvalue weighted by atomic mass is 35.5. The van der Waals surface area contributed by atoms with Gasteiger partial charge in [-0.1, -0.05) is 17.7 Å². The molecule has 0 radical (unpaired) electrons. The number of benzene rings is 1. The van der Waals surface area contributed by atoms with Crippen LogP contribution < -0.4 is 10.6 Å². The van der Waals surface area contributed by atoms with Gasteiger partial charge in [-0.3, -0.25) is 5.32 Å². The Bertz CT molecular complexity index is 838. The number of carboxylic acid groups (broad SMARTS) is 1. The molecule has 2 aromatic heterocycles. The van der Waals surface area contributed by atoms with E-state index in [0.29, 0.717) is 16.5 Å². The minimum Gasteiger partial charge on any atom is -0.465 e. The molecule has 0 atom stereocenters. The van der Waals surface area contributed by atoms with Gasteiger partial charge in [0.2, 0.25) is 5.95 Å². The Hall–Kier alpha value is -2.93. The van der Waals surface area contributed by atoms with Crippen molar-refractivity contribution in [1.82, 2.24) is 15.0 Å². The third-order valence-corrected chi connectivity index (χ3v) is 3.10. The summed E-state index contributed by atoms with van der Waals surface area (Å²) < 4.78 is 0. The zero-order valence-corrected chi connectivity index (χ0v) is 11.9. The topological polar surface area (TPSA) is 100 Å². The minimum atomic E-state index is -1.22. The molecule has 2 heterocycles. The van der Waals surface area contributed by atoms with Crippen molar-refractivity contribution in [2.24, 2.45) is 0 Å². The van der Waals surface area contributed by atoms with E-state index in [1.807, 2.05) is 24.3 Å². The molecule has 1 aromatic carbocycles. The van der Waals surface area contributed by atoms with Crippen molar-refractivity contribution in [2.75, 3.05) is 10.6 Å². The molecule has 0 unspecified atom stereocenters. The standard InChI is InChI=1S/C14H10ClN5O2/c15-9-2-1-8-3-4-16-12(11(8)5-9)19-10-6-17-13(18-7-10)20-14(21)22/h1-7H,(H,16,19)(H,21,22)(H,17,18,20). The summed E-state index contributed by atoms with van der Waals surface area (Å²) >= 11 is 6.02. The number of nitrogens with zero attached hydrogens (tertiary/aromatic N) is 3. The van der Waals surface area contributed by atoms with Crippen molar-refractivity contribution in [3.05, 3.63) is 47.9 Å². The van der Waals surface area contributed by atoms with E-state index in [0.717, 1.165) is 10.8 Å². The van der Waals surface area contributed by atoms with Gasteiger partial charge in [-0.25, -0.2) is 19.7 Å². The molecule has 0 aliphatic carbocycles. The molecule has 0 aliphatic heterocycles. The Morgan fingerprint density at radius 2 is 1.91 bits per heavy atom. The van der Waals surface area contributed by atoms with Gasteiger partial charge in [0, 0.05) is 16.6 Å². The van der Waals surface area contributed by atoms with Crippen LogP contribution in [-0.4, -0.2) is 26.2 Å². The summed E-state index contributed by atoms with van der Waals surface area (Å²) in [5.74, 6) is 0.620. The second kappa shape index (κ2) is 5.82. The second-order valence-corrected chi connectivity index (χ2v) is 4.81. The molecule has 3 aromatic rings. The van der Waals surface area contributed by atoms with Gasteiger partial charge in [0.25, 0.3) is 0 Å². The van der Waals surface area contributed by atoms with Crippen molar-refractivity contribution in [1.29, 1.82) is 0 Å². The van der Waals surface area contributed by atoms with Crippen molar-refractivity contribution in [2.45, 2.75) is 0 Å². The summed E-state index contributed by atoms with van der Waals surface area (Å²) in [5, 5.41) is 16.2. The number of halogens is 1. The number of hydrogen-bond donors (Lipinski definition) is 3. The summed E-state index contributed by atoms with van der Waals surface area (Å²) in [4.78, 5) is 22.6. The van der Waals surface area contributed by atoms with Crippen LogP contribution >= 0.6 is 11.6 Å². The second-order valence-electron chi connectivity index (χ2n) is 4.38. The van der Waals surface area contributed by atoms with Gasteiger partial charge in [0.1, 0.15) is 5.82 Å². The number of anilines is 3. The van der Waals surface area contributed by atoms with Crippen LogP contribution in [0.15, 0.2) is 42.9 Å². The Labute approximate surface area is 130 Å². The van der Waals surface area contributed by atoms with E-state index in [9.17, 15) is 4.79 Å². The maximum absolute atomic E-state index is 10.5. The molecule has 0 bridgehead atoms. The van der Waals surface area contributed by atoms with Crippen molar-refractivity contribution >= 4 is 45.9 Å². The van der Waals surface area contributed by atoms with Crippen LogP contribution in [0.2, 0.25) is 5.02 Å². The first-order chi connectivity index (χ1) is 10.6.